The number of carbonyl (C=O) groups is 1. The van der Waals surface area contributed by atoms with E-state index in [2.05, 4.69) is 38.0 Å². The molecule has 0 radical (unpaired) electrons. The zero-order chi connectivity index (χ0) is 19.7. The first kappa shape index (κ1) is 17.0. The molecular formula is C21H25N7O. The molecule has 0 aromatic carbocycles. The summed E-state index contributed by atoms with van der Waals surface area (Å²) >= 11 is 0. The maximum Gasteiger partial charge on any atom is 0.226 e. The second-order valence-electron chi connectivity index (χ2n) is 8.72. The van der Waals surface area contributed by atoms with Crippen LogP contribution in [-0.2, 0) is 11.8 Å². The maximum absolute atomic E-state index is 12.7. The van der Waals surface area contributed by atoms with Crippen molar-refractivity contribution < 1.29 is 4.79 Å². The lowest BCUT2D eigenvalue weighted by atomic mass is 10.1. The highest BCUT2D eigenvalue weighted by atomic mass is 16.2. The SMILES string of the molecule is Cc1c(-c2cc3c(N4CC5CCC(C4)N5C(=O)C4CC4)ncnn3c2)cnn1C. The van der Waals surface area contributed by atoms with Crippen molar-refractivity contribution in [3.8, 4) is 11.1 Å². The van der Waals surface area contributed by atoms with E-state index in [1.807, 2.05) is 28.6 Å². The Balaban J connectivity index is 1.34. The van der Waals surface area contributed by atoms with E-state index in [-0.39, 0.29) is 0 Å². The van der Waals surface area contributed by atoms with Crippen LogP contribution in [-0.4, -0.2) is 60.4 Å². The van der Waals surface area contributed by atoms with Crippen LogP contribution < -0.4 is 4.90 Å². The Morgan fingerprint density at radius 2 is 1.86 bits per heavy atom. The fourth-order valence-electron chi connectivity index (χ4n) is 5.07. The van der Waals surface area contributed by atoms with Crippen molar-refractivity contribution in [2.24, 2.45) is 13.0 Å². The van der Waals surface area contributed by atoms with Gasteiger partial charge in [0.1, 0.15) is 11.8 Å². The average molecular weight is 391 g/mol. The third-order valence-corrected chi connectivity index (χ3v) is 6.89. The van der Waals surface area contributed by atoms with E-state index in [4.69, 9.17) is 0 Å². The largest absolute Gasteiger partial charge is 0.351 e. The number of aryl methyl sites for hydroxylation is 1. The quantitative estimate of drug-likeness (QED) is 0.683. The van der Waals surface area contributed by atoms with E-state index in [1.54, 1.807) is 6.33 Å². The third-order valence-electron chi connectivity index (χ3n) is 6.89. The zero-order valence-corrected chi connectivity index (χ0v) is 16.8. The molecule has 3 aromatic rings. The summed E-state index contributed by atoms with van der Waals surface area (Å²) in [6.45, 7) is 3.78. The van der Waals surface area contributed by atoms with Crippen molar-refractivity contribution in [2.75, 3.05) is 18.0 Å². The molecule has 6 rings (SSSR count). The van der Waals surface area contributed by atoms with E-state index in [0.29, 0.717) is 23.9 Å². The van der Waals surface area contributed by atoms with Gasteiger partial charge in [0.2, 0.25) is 5.91 Å². The molecule has 8 heteroatoms. The van der Waals surface area contributed by atoms with Crippen molar-refractivity contribution in [1.82, 2.24) is 29.3 Å². The van der Waals surface area contributed by atoms with Crippen LogP contribution in [0, 0.1) is 12.8 Å². The van der Waals surface area contributed by atoms with Gasteiger partial charge in [0.05, 0.1) is 6.20 Å². The van der Waals surface area contributed by atoms with E-state index in [9.17, 15) is 4.79 Å². The smallest absolute Gasteiger partial charge is 0.226 e. The number of aromatic nitrogens is 5. The third kappa shape index (κ3) is 2.58. The molecule has 2 saturated heterocycles. The molecule has 8 nitrogen and oxygen atoms in total. The normalized spacial score (nSPS) is 23.9. The molecular weight excluding hydrogens is 366 g/mol. The van der Waals surface area contributed by atoms with Gasteiger partial charge in [-0.15, -0.1) is 0 Å². The van der Waals surface area contributed by atoms with Gasteiger partial charge in [0.25, 0.3) is 0 Å². The lowest BCUT2D eigenvalue weighted by Gasteiger charge is -2.41. The average Bonchev–Trinajstić information content (AvgIpc) is 3.33. The molecule has 0 spiro atoms. The van der Waals surface area contributed by atoms with Gasteiger partial charge >= 0.3 is 0 Å². The number of carbonyl (C=O) groups excluding carboxylic acids is 1. The van der Waals surface area contributed by atoms with E-state index in [0.717, 1.165) is 66.9 Å². The number of rotatable bonds is 3. The summed E-state index contributed by atoms with van der Waals surface area (Å²) in [5.74, 6) is 1.65. The predicted octanol–water partition coefficient (Wildman–Crippen LogP) is 2.03. The zero-order valence-electron chi connectivity index (χ0n) is 16.8. The predicted molar refractivity (Wildman–Crippen MR) is 109 cm³/mol. The van der Waals surface area contributed by atoms with Crippen LogP contribution >= 0.6 is 0 Å². The number of hydrogen-bond donors (Lipinski definition) is 0. The van der Waals surface area contributed by atoms with Gasteiger partial charge in [-0.05, 0) is 38.7 Å². The van der Waals surface area contributed by atoms with Gasteiger partial charge in [0.15, 0.2) is 5.82 Å². The molecule has 3 aromatic heterocycles. The van der Waals surface area contributed by atoms with Crippen molar-refractivity contribution >= 4 is 17.2 Å². The van der Waals surface area contributed by atoms with E-state index in [1.165, 1.54) is 0 Å². The van der Waals surface area contributed by atoms with Crippen LogP contribution in [0.4, 0.5) is 5.82 Å². The Bertz CT molecular complexity index is 1100. The number of anilines is 1. The van der Waals surface area contributed by atoms with Crippen LogP contribution in [0.3, 0.4) is 0 Å². The first-order chi connectivity index (χ1) is 14.1. The van der Waals surface area contributed by atoms with E-state index >= 15 is 0 Å². The molecule has 1 amide bonds. The highest BCUT2D eigenvalue weighted by Crippen LogP contribution is 2.39. The minimum absolute atomic E-state index is 0.298. The highest BCUT2D eigenvalue weighted by Gasteiger charge is 2.46. The number of piperazine rings is 1. The van der Waals surface area contributed by atoms with Crippen molar-refractivity contribution in [3.63, 3.8) is 0 Å². The first-order valence-electron chi connectivity index (χ1n) is 10.5. The molecule has 3 fully saturated rings. The Kier molecular flexibility index (Phi) is 3.54. The van der Waals surface area contributed by atoms with Gasteiger partial charge in [-0.2, -0.15) is 10.2 Å². The van der Waals surface area contributed by atoms with Gasteiger partial charge in [-0.3, -0.25) is 9.48 Å². The van der Waals surface area contributed by atoms with Gasteiger partial charge in [0, 0.05) is 61.2 Å². The molecule has 3 aliphatic rings. The molecule has 1 aliphatic carbocycles. The van der Waals surface area contributed by atoms with Gasteiger partial charge < -0.3 is 9.80 Å². The molecule has 5 heterocycles. The summed E-state index contributed by atoms with van der Waals surface area (Å²) < 4.78 is 3.80. The first-order valence-corrected chi connectivity index (χ1v) is 10.5. The van der Waals surface area contributed by atoms with Crippen LogP contribution in [0.25, 0.3) is 16.6 Å². The molecule has 1 saturated carbocycles. The molecule has 2 atom stereocenters. The summed E-state index contributed by atoms with van der Waals surface area (Å²) in [6.07, 6.45) is 9.93. The Morgan fingerprint density at radius 1 is 1.10 bits per heavy atom. The van der Waals surface area contributed by atoms with E-state index < -0.39 is 0 Å². The molecule has 2 bridgehead atoms. The van der Waals surface area contributed by atoms with Crippen LogP contribution in [0.1, 0.15) is 31.4 Å². The number of fused-ring (bicyclic) bond motifs is 3. The summed E-state index contributed by atoms with van der Waals surface area (Å²) in [6, 6.07) is 2.78. The molecule has 2 aliphatic heterocycles. The summed E-state index contributed by atoms with van der Waals surface area (Å²) in [7, 11) is 1.96. The van der Waals surface area contributed by atoms with Gasteiger partial charge in [-0.1, -0.05) is 0 Å². The van der Waals surface area contributed by atoms with Crippen molar-refractivity contribution in [3.05, 3.63) is 30.5 Å². The standard InChI is InChI=1S/C21H25N7O/c1-13-18(8-23-25(13)2)15-7-19-20(22-12-24-27(19)9-15)26-10-16-5-6-17(11-26)28(16)21(29)14-3-4-14/h7-9,12,14,16-17H,3-6,10-11H2,1-2H3. The second-order valence-corrected chi connectivity index (χ2v) is 8.72. The maximum atomic E-state index is 12.7. The number of nitrogens with zero attached hydrogens (tertiary/aromatic N) is 7. The highest BCUT2D eigenvalue weighted by molar-refractivity contribution is 5.83. The fourth-order valence-corrected chi connectivity index (χ4v) is 5.07. The Hall–Kier alpha value is -2.90. The lowest BCUT2D eigenvalue weighted by molar-refractivity contribution is -0.135. The van der Waals surface area contributed by atoms with Crippen LogP contribution in [0.2, 0.25) is 0 Å². The van der Waals surface area contributed by atoms with Crippen LogP contribution in [0.5, 0.6) is 0 Å². The second kappa shape index (κ2) is 6.05. The van der Waals surface area contributed by atoms with Gasteiger partial charge in [-0.25, -0.2) is 9.50 Å². The fraction of sp³-hybridized carbons (Fsp3) is 0.524. The molecule has 150 valence electrons. The Morgan fingerprint density at radius 3 is 2.52 bits per heavy atom. The topological polar surface area (TPSA) is 71.6 Å². The van der Waals surface area contributed by atoms with Crippen molar-refractivity contribution in [2.45, 2.75) is 44.7 Å². The molecule has 2 unspecified atom stereocenters. The monoisotopic (exact) mass is 391 g/mol. The summed E-state index contributed by atoms with van der Waals surface area (Å²) in [4.78, 5) is 22.0. The Labute approximate surface area is 169 Å². The summed E-state index contributed by atoms with van der Waals surface area (Å²) in [5, 5.41) is 8.81. The molecule has 29 heavy (non-hydrogen) atoms. The minimum Gasteiger partial charge on any atom is -0.351 e. The molecule has 0 N–H and O–H groups in total. The summed E-state index contributed by atoms with van der Waals surface area (Å²) in [5.41, 5.74) is 4.35. The van der Waals surface area contributed by atoms with Crippen molar-refractivity contribution in [1.29, 1.82) is 0 Å². The van der Waals surface area contributed by atoms with Crippen LogP contribution in [0.15, 0.2) is 24.8 Å². The number of hydrogen-bond acceptors (Lipinski definition) is 5. The number of amides is 1. The lowest BCUT2D eigenvalue weighted by Crippen LogP contribution is -2.56. The minimum atomic E-state index is 0.298.